The zero-order valence-electron chi connectivity index (χ0n) is 18.5. The van der Waals surface area contributed by atoms with Gasteiger partial charge in [0.15, 0.2) is 0 Å². The second-order valence-corrected chi connectivity index (χ2v) is 9.68. The number of hydrogen-bond donors (Lipinski definition) is 3. The van der Waals surface area contributed by atoms with Crippen LogP contribution >= 0.6 is 0 Å². The first-order chi connectivity index (χ1) is 15.5. The summed E-state index contributed by atoms with van der Waals surface area (Å²) in [6.07, 6.45) is 5.87. The fourth-order valence-corrected chi connectivity index (χ4v) is 5.75. The van der Waals surface area contributed by atoms with Crippen molar-refractivity contribution < 1.29 is 14.3 Å². The highest BCUT2D eigenvalue weighted by Gasteiger charge is 2.55. The van der Waals surface area contributed by atoms with E-state index in [2.05, 4.69) is 40.2 Å². The van der Waals surface area contributed by atoms with Crippen LogP contribution < -0.4 is 20.7 Å². The Morgan fingerprint density at radius 3 is 2.50 bits per heavy atom. The molecule has 1 atom stereocenters. The molecule has 2 aromatic carbocycles. The van der Waals surface area contributed by atoms with Gasteiger partial charge in [-0.3, -0.25) is 4.79 Å². The molecule has 0 radical (unpaired) electrons. The monoisotopic (exact) mass is 433 g/mol. The number of carbonyl (C=O) groups is 2. The highest BCUT2D eigenvalue weighted by molar-refractivity contribution is 5.80. The van der Waals surface area contributed by atoms with Gasteiger partial charge in [0.2, 0.25) is 5.91 Å². The number of methoxy groups -OCH3 is 1. The maximum absolute atomic E-state index is 12.7. The molecule has 0 aromatic heterocycles. The van der Waals surface area contributed by atoms with Crippen LogP contribution in [0.25, 0.3) is 0 Å². The van der Waals surface area contributed by atoms with Crippen LogP contribution in [0.1, 0.15) is 54.8 Å². The number of fused-ring (bicyclic) bond motifs is 1. The lowest BCUT2D eigenvalue weighted by molar-refractivity contribution is -0.139. The second-order valence-electron chi connectivity index (χ2n) is 9.68. The minimum Gasteiger partial charge on any atom is -0.497 e. The van der Waals surface area contributed by atoms with Gasteiger partial charge in [-0.15, -0.1) is 0 Å². The standard InChI is InChI=1S/C26H31N3O3/c1-32-21-9-6-17(7-10-21)16-27-25(31)28-20-14-26(15-20)12-19(13-26)24(30)29-23-11-8-18-4-2-3-5-22(18)23/h2-7,9-10,19-20,23H,8,11-16H2,1H3,(H,29,30)(H2,27,28,31)/t19?,20?,23-,26?/m0/s1. The number of benzene rings is 2. The minimum absolute atomic E-state index is 0.118. The minimum atomic E-state index is -0.130. The number of amides is 3. The first-order valence-corrected chi connectivity index (χ1v) is 11.6. The second kappa shape index (κ2) is 8.49. The van der Waals surface area contributed by atoms with Gasteiger partial charge in [-0.25, -0.2) is 4.79 Å². The summed E-state index contributed by atoms with van der Waals surface area (Å²) < 4.78 is 5.15. The molecule has 2 aromatic rings. The predicted octanol–water partition coefficient (Wildman–Crippen LogP) is 3.86. The Morgan fingerprint density at radius 1 is 1.00 bits per heavy atom. The zero-order chi connectivity index (χ0) is 22.1. The fourth-order valence-electron chi connectivity index (χ4n) is 5.75. The van der Waals surface area contributed by atoms with Crippen LogP contribution in [-0.2, 0) is 17.8 Å². The van der Waals surface area contributed by atoms with Gasteiger partial charge in [0.25, 0.3) is 0 Å². The van der Waals surface area contributed by atoms with Gasteiger partial charge in [0, 0.05) is 18.5 Å². The quantitative estimate of drug-likeness (QED) is 0.647. The molecule has 3 aliphatic carbocycles. The molecular weight excluding hydrogens is 402 g/mol. The van der Waals surface area contributed by atoms with Crippen molar-refractivity contribution in [3.63, 3.8) is 0 Å². The van der Waals surface area contributed by atoms with Crippen LogP contribution in [0.4, 0.5) is 4.79 Å². The third-order valence-electron chi connectivity index (χ3n) is 7.49. The van der Waals surface area contributed by atoms with Crippen molar-refractivity contribution in [3.8, 4) is 5.75 Å². The number of carbonyl (C=O) groups excluding carboxylic acids is 2. The number of rotatable bonds is 6. The third-order valence-corrected chi connectivity index (χ3v) is 7.49. The normalized spacial score (nSPS) is 27.6. The molecule has 5 rings (SSSR count). The van der Waals surface area contributed by atoms with Gasteiger partial charge in [0.1, 0.15) is 5.75 Å². The van der Waals surface area contributed by atoms with E-state index in [4.69, 9.17) is 4.74 Å². The Hall–Kier alpha value is -3.02. The molecule has 6 nitrogen and oxygen atoms in total. The van der Waals surface area contributed by atoms with Gasteiger partial charge in [-0.2, -0.15) is 0 Å². The Bertz CT molecular complexity index is 990. The van der Waals surface area contributed by atoms with E-state index in [-0.39, 0.29) is 35.4 Å². The van der Waals surface area contributed by atoms with Crippen molar-refractivity contribution in [3.05, 3.63) is 65.2 Å². The average molecular weight is 434 g/mol. The molecule has 168 valence electrons. The molecule has 0 saturated heterocycles. The Labute approximate surface area is 189 Å². The first-order valence-electron chi connectivity index (χ1n) is 11.6. The van der Waals surface area contributed by atoms with E-state index < -0.39 is 0 Å². The van der Waals surface area contributed by atoms with Crippen LogP contribution in [0.15, 0.2) is 48.5 Å². The summed E-state index contributed by atoms with van der Waals surface area (Å²) in [6.45, 7) is 0.486. The third kappa shape index (κ3) is 4.18. The Kier molecular flexibility index (Phi) is 5.53. The number of urea groups is 1. The van der Waals surface area contributed by atoms with Crippen molar-refractivity contribution in [2.75, 3.05) is 7.11 Å². The lowest BCUT2D eigenvalue weighted by atomic mass is 9.50. The topological polar surface area (TPSA) is 79.5 Å². The molecule has 32 heavy (non-hydrogen) atoms. The number of aryl methyl sites for hydroxylation is 1. The molecule has 2 saturated carbocycles. The lowest BCUT2D eigenvalue weighted by Crippen LogP contribution is -2.59. The molecule has 6 heteroatoms. The SMILES string of the molecule is COc1ccc(CNC(=O)NC2CC3(C2)CC(C(=O)N[C@H]2CCc4ccccc42)C3)cc1. The maximum Gasteiger partial charge on any atom is 0.315 e. The average Bonchev–Trinajstić information content (AvgIpc) is 3.16. The van der Waals surface area contributed by atoms with Crippen LogP contribution in [0, 0.1) is 11.3 Å². The van der Waals surface area contributed by atoms with E-state index in [1.807, 2.05) is 24.3 Å². The highest BCUT2D eigenvalue weighted by atomic mass is 16.5. The Morgan fingerprint density at radius 2 is 1.75 bits per heavy atom. The molecule has 2 fully saturated rings. The summed E-state index contributed by atoms with van der Waals surface area (Å²) in [7, 11) is 1.64. The molecule has 3 aliphatic rings. The van der Waals surface area contributed by atoms with Gasteiger partial charge in [0.05, 0.1) is 13.2 Å². The van der Waals surface area contributed by atoms with Gasteiger partial charge in [-0.05, 0) is 72.8 Å². The van der Waals surface area contributed by atoms with E-state index in [0.29, 0.717) is 6.54 Å². The zero-order valence-corrected chi connectivity index (χ0v) is 18.5. The summed E-state index contributed by atoms with van der Waals surface area (Å²) in [4.78, 5) is 25.0. The number of nitrogens with one attached hydrogen (secondary N) is 3. The maximum atomic E-state index is 12.7. The Balaban J connectivity index is 1.01. The smallest absolute Gasteiger partial charge is 0.315 e. The summed E-state index contributed by atoms with van der Waals surface area (Å²) in [5, 5.41) is 9.27. The van der Waals surface area contributed by atoms with Crippen molar-refractivity contribution in [2.45, 2.75) is 57.2 Å². The van der Waals surface area contributed by atoms with Crippen molar-refractivity contribution >= 4 is 11.9 Å². The molecular formula is C26H31N3O3. The number of ether oxygens (including phenoxy) is 1. The van der Waals surface area contributed by atoms with Crippen molar-refractivity contribution in [1.82, 2.24) is 16.0 Å². The lowest BCUT2D eigenvalue weighted by Gasteiger charge is -2.57. The van der Waals surface area contributed by atoms with Crippen LogP contribution in [0.2, 0.25) is 0 Å². The molecule has 0 unspecified atom stereocenters. The van der Waals surface area contributed by atoms with E-state index >= 15 is 0 Å². The predicted molar refractivity (Wildman–Crippen MR) is 122 cm³/mol. The van der Waals surface area contributed by atoms with Gasteiger partial charge < -0.3 is 20.7 Å². The van der Waals surface area contributed by atoms with E-state index in [1.165, 1.54) is 11.1 Å². The van der Waals surface area contributed by atoms with Crippen LogP contribution in [0.3, 0.4) is 0 Å². The van der Waals surface area contributed by atoms with E-state index in [0.717, 1.165) is 49.8 Å². The molecule has 1 spiro atoms. The fraction of sp³-hybridized carbons (Fsp3) is 0.462. The van der Waals surface area contributed by atoms with Crippen molar-refractivity contribution in [2.24, 2.45) is 11.3 Å². The number of hydrogen-bond acceptors (Lipinski definition) is 3. The van der Waals surface area contributed by atoms with E-state index in [9.17, 15) is 9.59 Å². The van der Waals surface area contributed by atoms with Gasteiger partial charge in [-0.1, -0.05) is 36.4 Å². The van der Waals surface area contributed by atoms with Crippen LogP contribution in [-0.4, -0.2) is 25.1 Å². The molecule has 3 N–H and O–H groups in total. The van der Waals surface area contributed by atoms with Crippen LogP contribution in [0.5, 0.6) is 5.75 Å². The largest absolute Gasteiger partial charge is 0.497 e. The van der Waals surface area contributed by atoms with Gasteiger partial charge >= 0.3 is 6.03 Å². The highest BCUT2D eigenvalue weighted by Crippen LogP contribution is 2.58. The molecule has 0 heterocycles. The summed E-state index contributed by atoms with van der Waals surface area (Å²) in [6, 6.07) is 16.3. The molecule has 0 aliphatic heterocycles. The first kappa shape index (κ1) is 20.9. The molecule has 0 bridgehead atoms. The summed E-state index contributed by atoms with van der Waals surface area (Å²) in [5.74, 6) is 1.12. The molecule has 3 amide bonds. The summed E-state index contributed by atoms with van der Waals surface area (Å²) >= 11 is 0. The van der Waals surface area contributed by atoms with Crippen molar-refractivity contribution in [1.29, 1.82) is 0 Å². The summed E-state index contributed by atoms with van der Waals surface area (Å²) in [5.41, 5.74) is 3.93. The van der Waals surface area contributed by atoms with E-state index in [1.54, 1.807) is 7.11 Å².